The van der Waals surface area contributed by atoms with Gasteiger partial charge in [0, 0.05) is 20.6 Å². The minimum atomic E-state index is -3.63. The second kappa shape index (κ2) is 7.75. The second-order valence-corrected chi connectivity index (χ2v) is 6.18. The molecule has 116 valence electrons. The molecule has 8 heteroatoms. The molecule has 1 aromatic rings. The van der Waals surface area contributed by atoms with Gasteiger partial charge in [0.15, 0.2) is 6.61 Å². The molecule has 21 heavy (non-hydrogen) atoms. The van der Waals surface area contributed by atoms with Crippen LogP contribution in [0.2, 0.25) is 0 Å². The van der Waals surface area contributed by atoms with Crippen molar-refractivity contribution in [3.63, 3.8) is 0 Å². The van der Waals surface area contributed by atoms with Crippen molar-refractivity contribution in [3.05, 3.63) is 30.3 Å². The van der Waals surface area contributed by atoms with E-state index in [4.69, 9.17) is 4.74 Å². The van der Waals surface area contributed by atoms with Crippen LogP contribution in [-0.4, -0.2) is 52.4 Å². The van der Waals surface area contributed by atoms with Gasteiger partial charge < -0.3 is 9.64 Å². The van der Waals surface area contributed by atoms with Crippen molar-refractivity contribution < 1.29 is 22.7 Å². The Hall–Kier alpha value is -1.93. The molecular formula is C13H18N2O5S. The van der Waals surface area contributed by atoms with E-state index in [1.165, 1.54) is 17.0 Å². The molecular weight excluding hydrogens is 296 g/mol. The first-order valence-corrected chi connectivity index (χ1v) is 7.72. The maximum Gasteiger partial charge on any atom is 0.307 e. The van der Waals surface area contributed by atoms with Gasteiger partial charge in [-0.2, -0.15) is 0 Å². The Labute approximate surface area is 123 Å². The fourth-order valence-electron chi connectivity index (χ4n) is 1.31. The van der Waals surface area contributed by atoms with Crippen LogP contribution in [0.1, 0.15) is 6.42 Å². The fourth-order valence-corrected chi connectivity index (χ4v) is 2.37. The van der Waals surface area contributed by atoms with Gasteiger partial charge in [0.05, 0.1) is 11.3 Å². The van der Waals surface area contributed by atoms with Crippen LogP contribution in [0.3, 0.4) is 0 Å². The topological polar surface area (TPSA) is 92.8 Å². The molecule has 0 aliphatic heterocycles. The number of nitrogens with one attached hydrogen (secondary N) is 1. The lowest BCUT2D eigenvalue weighted by Crippen LogP contribution is -2.29. The number of ether oxygens (including phenoxy) is 1. The van der Waals surface area contributed by atoms with E-state index < -0.39 is 16.0 Å². The van der Waals surface area contributed by atoms with E-state index >= 15 is 0 Å². The SMILES string of the molecule is CN(C)C(=O)COC(=O)CCNS(=O)(=O)c1ccccc1. The highest BCUT2D eigenvalue weighted by atomic mass is 32.2. The number of carbonyl (C=O) groups excluding carboxylic acids is 2. The molecule has 0 atom stereocenters. The lowest BCUT2D eigenvalue weighted by Gasteiger charge is -2.10. The number of hydrogen-bond donors (Lipinski definition) is 1. The van der Waals surface area contributed by atoms with E-state index in [1.54, 1.807) is 32.3 Å². The molecule has 0 fully saturated rings. The molecule has 0 saturated heterocycles. The maximum absolute atomic E-state index is 11.8. The van der Waals surface area contributed by atoms with Crippen molar-refractivity contribution in [2.24, 2.45) is 0 Å². The predicted molar refractivity (Wildman–Crippen MR) is 75.9 cm³/mol. The van der Waals surface area contributed by atoms with Crippen LogP contribution in [0, 0.1) is 0 Å². The van der Waals surface area contributed by atoms with Crippen LogP contribution < -0.4 is 4.72 Å². The summed E-state index contributed by atoms with van der Waals surface area (Å²) in [6.07, 6.45) is -0.146. The Morgan fingerprint density at radius 1 is 1.19 bits per heavy atom. The molecule has 0 spiro atoms. The highest BCUT2D eigenvalue weighted by Gasteiger charge is 2.14. The number of rotatable bonds is 7. The van der Waals surface area contributed by atoms with Crippen LogP contribution >= 0.6 is 0 Å². The lowest BCUT2D eigenvalue weighted by molar-refractivity contribution is -0.150. The van der Waals surface area contributed by atoms with Crippen molar-refractivity contribution >= 4 is 21.9 Å². The smallest absolute Gasteiger partial charge is 0.307 e. The average Bonchev–Trinajstić information content (AvgIpc) is 2.45. The standard InChI is InChI=1S/C13H18N2O5S/c1-15(2)12(16)10-20-13(17)8-9-14-21(18,19)11-6-4-3-5-7-11/h3-7,14H,8-10H2,1-2H3. The van der Waals surface area contributed by atoms with Crippen molar-refractivity contribution in [3.8, 4) is 0 Å². The summed E-state index contributed by atoms with van der Waals surface area (Å²) in [4.78, 5) is 24.0. The Morgan fingerprint density at radius 3 is 2.38 bits per heavy atom. The zero-order valence-corrected chi connectivity index (χ0v) is 12.7. The number of sulfonamides is 1. The van der Waals surface area contributed by atoms with Gasteiger partial charge in [-0.1, -0.05) is 18.2 Å². The number of hydrogen-bond acceptors (Lipinski definition) is 5. The minimum Gasteiger partial charge on any atom is -0.456 e. The normalized spacial score (nSPS) is 11.0. The largest absolute Gasteiger partial charge is 0.456 e. The number of benzene rings is 1. The fraction of sp³-hybridized carbons (Fsp3) is 0.385. The lowest BCUT2D eigenvalue weighted by atomic mass is 10.4. The molecule has 0 aliphatic carbocycles. The summed E-state index contributed by atoms with van der Waals surface area (Å²) >= 11 is 0. The number of nitrogens with zero attached hydrogens (tertiary/aromatic N) is 1. The van der Waals surface area contributed by atoms with Crippen LogP contribution in [0.25, 0.3) is 0 Å². The molecule has 1 rings (SSSR count). The molecule has 1 amide bonds. The van der Waals surface area contributed by atoms with E-state index in [-0.39, 0.29) is 30.4 Å². The van der Waals surface area contributed by atoms with Crippen LogP contribution in [-0.2, 0) is 24.3 Å². The van der Waals surface area contributed by atoms with E-state index in [1.807, 2.05) is 0 Å². The summed E-state index contributed by atoms with van der Waals surface area (Å²) in [5.41, 5.74) is 0. The van der Waals surface area contributed by atoms with Gasteiger partial charge in [0.25, 0.3) is 5.91 Å². The Balaban J connectivity index is 2.37. The van der Waals surface area contributed by atoms with Gasteiger partial charge in [-0.25, -0.2) is 13.1 Å². The maximum atomic E-state index is 11.8. The summed E-state index contributed by atoms with van der Waals surface area (Å²) < 4.78 is 30.7. The third-order valence-electron chi connectivity index (χ3n) is 2.53. The Bertz CT molecular complexity index is 584. The van der Waals surface area contributed by atoms with Gasteiger partial charge in [0.1, 0.15) is 0 Å². The van der Waals surface area contributed by atoms with Crippen molar-refractivity contribution in [2.45, 2.75) is 11.3 Å². The molecule has 0 aromatic heterocycles. The molecule has 0 bridgehead atoms. The summed E-state index contributed by atoms with van der Waals surface area (Å²) in [7, 11) is -0.542. The van der Waals surface area contributed by atoms with E-state index in [9.17, 15) is 18.0 Å². The van der Waals surface area contributed by atoms with E-state index in [0.717, 1.165) is 0 Å². The summed E-state index contributed by atoms with van der Waals surface area (Å²) in [5, 5.41) is 0. The average molecular weight is 314 g/mol. The van der Waals surface area contributed by atoms with Crippen LogP contribution in [0.15, 0.2) is 35.2 Å². The minimum absolute atomic E-state index is 0.0911. The third-order valence-corrected chi connectivity index (χ3v) is 4.01. The monoisotopic (exact) mass is 314 g/mol. The predicted octanol–water partition coefficient (Wildman–Crippen LogP) is -0.0136. The highest BCUT2D eigenvalue weighted by Crippen LogP contribution is 2.06. The second-order valence-electron chi connectivity index (χ2n) is 4.41. The van der Waals surface area contributed by atoms with Gasteiger partial charge in [0.2, 0.25) is 10.0 Å². The zero-order valence-electron chi connectivity index (χ0n) is 11.9. The first-order chi connectivity index (χ1) is 9.83. The number of carbonyl (C=O) groups is 2. The summed E-state index contributed by atoms with van der Waals surface area (Å²) in [5.74, 6) is -0.978. The molecule has 0 radical (unpaired) electrons. The summed E-state index contributed by atoms with van der Waals surface area (Å²) in [6, 6.07) is 7.83. The molecule has 1 aromatic carbocycles. The molecule has 0 aliphatic rings. The first-order valence-electron chi connectivity index (χ1n) is 6.23. The third kappa shape index (κ3) is 5.92. The molecule has 0 heterocycles. The van der Waals surface area contributed by atoms with Gasteiger partial charge in [-0.3, -0.25) is 9.59 Å². The van der Waals surface area contributed by atoms with Crippen molar-refractivity contribution in [1.82, 2.24) is 9.62 Å². The van der Waals surface area contributed by atoms with Gasteiger partial charge in [-0.15, -0.1) is 0 Å². The highest BCUT2D eigenvalue weighted by molar-refractivity contribution is 7.89. The first kappa shape index (κ1) is 17.1. The van der Waals surface area contributed by atoms with Crippen LogP contribution in [0.4, 0.5) is 0 Å². The van der Waals surface area contributed by atoms with Gasteiger partial charge >= 0.3 is 5.97 Å². The van der Waals surface area contributed by atoms with Crippen molar-refractivity contribution in [1.29, 1.82) is 0 Å². The quantitative estimate of drug-likeness (QED) is 0.714. The molecule has 1 N–H and O–H groups in total. The Kier molecular flexibility index (Phi) is 6.32. The summed E-state index contributed by atoms with van der Waals surface area (Å²) in [6.45, 7) is -0.441. The Morgan fingerprint density at radius 2 is 1.81 bits per heavy atom. The molecule has 0 unspecified atom stereocenters. The number of likely N-dealkylation sites (N-methyl/N-ethyl adjacent to an activating group) is 1. The van der Waals surface area contributed by atoms with Crippen LogP contribution in [0.5, 0.6) is 0 Å². The van der Waals surface area contributed by atoms with E-state index in [2.05, 4.69) is 4.72 Å². The number of esters is 1. The molecule has 7 nitrogen and oxygen atoms in total. The van der Waals surface area contributed by atoms with E-state index in [0.29, 0.717) is 0 Å². The zero-order chi connectivity index (χ0) is 15.9. The van der Waals surface area contributed by atoms with Crippen molar-refractivity contribution in [2.75, 3.05) is 27.2 Å². The number of amides is 1. The van der Waals surface area contributed by atoms with Gasteiger partial charge in [-0.05, 0) is 12.1 Å². The molecule has 0 saturated carbocycles.